The number of carbonyl (C=O) groups is 2. The van der Waals surface area contributed by atoms with Gasteiger partial charge in [0.25, 0.3) is 0 Å². The van der Waals surface area contributed by atoms with Gasteiger partial charge in [-0.05, 0) is 32.1 Å². The first-order valence-corrected chi connectivity index (χ1v) is 11.2. The number of ketones is 1. The monoisotopic (exact) mass is 396 g/mol. The van der Waals surface area contributed by atoms with E-state index >= 15 is 0 Å². The summed E-state index contributed by atoms with van der Waals surface area (Å²) in [6.45, 7) is 12.0. The van der Waals surface area contributed by atoms with Crippen molar-refractivity contribution < 1.29 is 19.1 Å². The van der Waals surface area contributed by atoms with Gasteiger partial charge in [-0.15, -0.1) is 0 Å². The standard InChI is InChI=1S/C22H40N2O4/c1-4-14-27-16-17-28-15-9-21(25)24-12-10-23(11-13-24)20-7-5-19(6-8-20)22(26)18(2)3/h18-20H,4-17H2,1-3H3. The van der Waals surface area contributed by atoms with E-state index in [9.17, 15) is 9.59 Å². The molecule has 1 aliphatic heterocycles. The number of Topliss-reactive ketones (excluding diaryl/α,β-unsaturated/α-hetero) is 1. The molecule has 1 saturated heterocycles. The lowest BCUT2D eigenvalue weighted by atomic mass is 9.80. The number of hydrogen-bond donors (Lipinski definition) is 0. The van der Waals surface area contributed by atoms with Crippen LogP contribution in [0.15, 0.2) is 0 Å². The molecule has 6 nitrogen and oxygen atoms in total. The van der Waals surface area contributed by atoms with Gasteiger partial charge >= 0.3 is 0 Å². The van der Waals surface area contributed by atoms with Gasteiger partial charge in [0.2, 0.25) is 5.91 Å². The van der Waals surface area contributed by atoms with Crippen LogP contribution in [0.2, 0.25) is 0 Å². The lowest BCUT2D eigenvalue weighted by Gasteiger charge is -2.42. The third-order valence-electron chi connectivity index (χ3n) is 6.03. The molecule has 162 valence electrons. The maximum absolute atomic E-state index is 12.4. The fraction of sp³-hybridized carbons (Fsp3) is 0.909. The Hall–Kier alpha value is -0.980. The van der Waals surface area contributed by atoms with Crippen molar-refractivity contribution in [1.29, 1.82) is 0 Å². The van der Waals surface area contributed by atoms with Crippen LogP contribution >= 0.6 is 0 Å². The van der Waals surface area contributed by atoms with Crippen LogP contribution in [-0.2, 0) is 19.1 Å². The summed E-state index contributed by atoms with van der Waals surface area (Å²) in [5, 5.41) is 0. The highest BCUT2D eigenvalue weighted by molar-refractivity contribution is 5.82. The van der Waals surface area contributed by atoms with Crippen molar-refractivity contribution in [3.63, 3.8) is 0 Å². The van der Waals surface area contributed by atoms with Crippen molar-refractivity contribution in [3.05, 3.63) is 0 Å². The van der Waals surface area contributed by atoms with Crippen LogP contribution in [0.5, 0.6) is 0 Å². The summed E-state index contributed by atoms with van der Waals surface area (Å²) in [5.74, 6) is 1.06. The first-order chi connectivity index (χ1) is 13.5. The van der Waals surface area contributed by atoms with Crippen molar-refractivity contribution >= 4 is 11.7 Å². The zero-order valence-electron chi connectivity index (χ0n) is 18.2. The number of ether oxygens (including phenoxy) is 2. The maximum atomic E-state index is 12.4. The Bertz CT molecular complexity index is 467. The zero-order chi connectivity index (χ0) is 20.4. The van der Waals surface area contributed by atoms with E-state index in [-0.39, 0.29) is 17.7 Å². The fourth-order valence-electron chi connectivity index (χ4n) is 4.32. The van der Waals surface area contributed by atoms with Crippen molar-refractivity contribution in [1.82, 2.24) is 9.80 Å². The van der Waals surface area contributed by atoms with Crippen LogP contribution in [0.1, 0.15) is 59.3 Å². The number of hydrogen-bond acceptors (Lipinski definition) is 5. The highest BCUT2D eigenvalue weighted by atomic mass is 16.5. The van der Waals surface area contributed by atoms with Gasteiger partial charge in [0, 0.05) is 50.7 Å². The smallest absolute Gasteiger partial charge is 0.224 e. The molecular formula is C22H40N2O4. The highest BCUT2D eigenvalue weighted by Crippen LogP contribution is 2.30. The molecule has 1 amide bonds. The van der Waals surface area contributed by atoms with E-state index in [0.717, 1.165) is 64.9 Å². The molecule has 0 atom stereocenters. The number of nitrogens with zero attached hydrogens (tertiary/aromatic N) is 2. The summed E-state index contributed by atoms with van der Waals surface area (Å²) in [6, 6.07) is 0.583. The van der Waals surface area contributed by atoms with Gasteiger partial charge in [-0.3, -0.25) is 14.5 Å². The van der Waals surface area contributed by atoms with Gasteiger partial charge in [0.15, 0.2) is 0 Å². The second-order valence-corrected chi connectivity index (χ2v) is 8.45. The number of rotatable bonds is 11. The Labute approximate surface area is 170 Å². The summed E-state index contributed by atoms with van der Waals surface area (Å²) in [7, 11) is 0. The van der Waals surface area contributed by atoms with Crippen LogP contribution < -0.4 is 0 Å². The molecule has 2 aliphatic rings. The number of piperazine rings is 1. The molecule has 0 bridgehead atoms. The topological polar surface area (TPSA) is 59.1 Å². The molecule has 0 spiro atoms. The molecule has 0 aromatic heterocycles. The molecule has 2 fully saturated rings. The van der Waals surface area contributed by atoms with E-state index in [1.165, 1.54) is 0 Å². The second kappa shape index (κ2) is 12.6. The molecule has 1 heterocycles. The van der Waals surface area contributed by atoms with Crippen LogP contribution in [0.4, 0.5) is 0 Å². The first-order valence-electron chi connectivity index (χ1n) is 11.2. The van der Waals surface area contributed by atoms with Crippen LogP contribution in [0.25, 0.3) is 0 Å². The third kappa shape index (κ3) is 7.45. The van der Waals surface area contributed by atoms with Crippen molar-refractivity contribution in [2.45, 2.75) is 65.3 Å². The van der Waals surface area contributed by atoms with Crippen molar-refractivity contribution in [2.24, 2.45) is 11.8 Å². The van der Waals surface area contributed by atoms with Crippen molar-refractivity contribution in [2.75, 3.05) is 52.6 Å². The predicted molar refractivity (Wildman–Crippen MR) is 110 cm³/mol. The minimum Gasteiger partial charge on any atom is -0.379 e. The lowest BCUT2D eigenvalue weighted by Crippen LogP contribution is -2.52. The normalized spacial score (nSPS) is 23.9. The Morgan fingerprint density at radius 2 is 1.50 bits per heavy atom. The van der Waals surface area contributed by atoms with Crippen molar-refractivity contribution in [3.8, 4) is 0 Å². The predicted octanol–water partition coefficient (Wildman–Crippen LogP) is 2.75. The molecule has 6 heteroatoms. The van der Waals surface area contributed by atoms with Crippen LogP contribution in [0, 0.1) is 11.8 Å². The molecule has 28 heavy (non-hydrogen) atoms. The summed E-state index contributed by atoms with van der Waals surface area (Å²) >= 11 is 0. The average molecular weight is 397 g/mol. The number of amides is 1. The molecule has 0 aromatic carbocycles. The highest BCUT2D eigenvalue weighted by Gasteiger charge is 2.32. The summed E-state index contributed by atoms with van der Waals surface area (Å²) < 4.78 is 10.9. The summed E-state index contributed by atoms with van der Waals surface area (Å²) in [4.78, 5) is 29.1. The van der Waals surface area contributed by atoms with E-state index in [1.807, 2.05) is 18.7 Å². The Morgan fingerprint density at radius 1 is 0.893 bits per heavy atom. The van der Waals surface area contributed by atoms with Crippen LogP contribution in [-0.4, -0.2) is 80.1 Å². The van der Waals surface area contributed by atoms with Gasteiger partial charge in [0.05, 0.1) is 26.2 Å². The SMILES string of the molecule is CCCOCCOCCC(=O)N1CCN(C2CCC(C(=O)C(C)C)CC2)CC1. The Balaban J connectivity index is 1.58. The molecule has 0 radical (unpaired) electrons. The van der Waals surface area contributed by atoms with E-state index in [2.05, 4.69) is 11.8 Å². The van der Waals surface area contributed by atoms with E-state index in [4.69, 9.17) is 9.47 Å². The first kappa shape index (κ1) is 23.3. The third-order valence-corrected chi connectivity index (χ3v) is 6.03. The zero-order valence-corrected chi connectivity index (χ0v) is 18.2. The maximum Gasteiger partial charge on any atom is 0.224 e. The minimum atomic E-state index is 0.156. The second-order valence-electron chi connectivity index (χ2n) is 8.45. The lowest BCUT2D eigenvalue weighted by molar-refractivity contribution is -0.135. The molecule has 2 rings (SSSR count). The quantitative estimate of drug-likeness (QED) is 0.503. The van der Waals surface area contributed by atoms with E-state index in [1.54, 1.807) is 0 Å². The average Bonchev–Trinajstić information content (AvgIpc) is 2.72. The molecular weight excluding hydrogens is 356 g/mol. The fourth-order valence-corrected chi connectivity index (χ4v) is 4.32. The Kier molecular flexibility index (Phi) is 10.4. The molecule has 0 N–H and O–H groups in total. The van der Waals surface area contributed by atoms with Gasteiger partial charge < -0.3 is 14.4 Å². The van der Waals surface area contributed by atoms with E-state index < -0.39 is 0 Å². The van der Waals surface area contributed by atoms with Gasteiger partial charge in [-0.1, -0.05) is 20.8 Å². The van der Waals surface area contributed by atoms with Gasteiger partial charge in [0.1, 0.15) is 5.78 Å². The Morgan fingerprint density at radius 3 is 2.07 bits per heavy atom. The molecule has 1 aliphatic carbocycles. The molecule has 0 unspecified atom stereocenters. The van der Waals surface area contributed by atoms with Crippen LogP contribution in [0.3, 0.4) is 0 Å². The summed E-state index contributed by atoms with van der Waals surface area (Å²) in [6.07, 6.45) is 5.76. The largest absolute Gasteiger partial charge is 0.379 e. The summed E-state index contributed by atoms with van der Waals surface area (Å²) in [5.41, 5.74) is 0. The van der Waals surface area contributed by atoms with Gasteiger partial charge in [-0.2, -0.15) is 0 Å². The van der Waals surface area contributed by atoms with E-state index in [0.29, 0.717) is 38.1 Å². The molecule has 1 saturated carbocycles. The minimum absolute atomic E-state index is 0.156. The van der Waals surface area contributed by atoms with Gasteiger partial charge in [-0.25, -0.2) is 0 Å². The molecule has 0 aromatic rings. The number of carbonyl (C=O) groups excluding carboxylic acids is 2.